The van der Waals surface area contributed by atoms with Crippen LogP contribution in [0.5, 0.6) is 5.75 Å². The van der Waals surface area contributed by atoms with Crippen LogP contribution in [0.3, 0.4) is 0 Å². The average molecular weight is 404 g/mol. The number of hydrogen-bond donors (Lipinski definition) is 3. The van der Waals surface area contributed by atoms with Crippen LogP contribution >= 0.6 is 0 Å². The smallest absolute Gasteiger partial charge is 0.181 e. The fourth-order valence-electron chi connectivity index (χ4n) is 3.92. The van der Waals surface area contributed by atoms with Crippen molar-refractivity contribution in [3.63, 3.8) is 0 Å². The third kappa shape index (κ3) is 2.91. The Morgan fingerprint density at radius 3 is 2.52 bits per heavy atom. The number of hydrogen-bond acceptors (Lipinski definition) is 5. The fraction of sp³-hybridized carbons (Fsp3) is 0. The fourth-order valence-corrected chi connectivity index (χ4v) is 3.92. The van der Waals surface area contributed by atoms with Crippen LogP contribution in [-0.2, 0) is 0 Å². The summed E-state index contributed by atoms with van der Waals surface area (Å²) in [7, 11) is 0. The number of aromatic amines is 2. The lowest BCUT2D eigenvalue weighted by Gasteiger charge is -2.02. The molecule has 6 rings (SSSR count). The number of fused-ring (bicyclic) bond motifs is 2. The van der Waals surface area contributed by atoms with Crippen molar-refractivity contribution >= 4 is 21.9 Å². The number of benzene rings is 1. The molecule has 0 radical (unpaired) electrons. The number of aromatic nitrogens is 6. The van der Waals surface area contributed by atoms with E-state index in [0.717, 1.165) is 49.9 Å². The zero-order chi connectivity index (χ0) is 20.8. The van der Waals surface area contributed by atoms with E-state index in [1.54, 1.807) is 30.9 Å². The Morgan fingerprint density at radius 2 is 1.65 bits per heavy atom. The Kier molecular flexibility index (Phi) is 3.79. The molecule has 0 unspecified atom stereocenters. The van der Waals surface area contributed by atoms with Crippen molar-refractivity contribution in [2.45, 2.75) is 0 Å². The van der Waals surface area contributed by atoms with Crippen LogP contribution in [0.4, 0.5) is 0 Å². The second kappa shape index (κ2) is 6.77. The minimum Gasteiger partial charge on any atom is -0.506 e. The van der Waals surface area contributed by atoms with Crippen molar-refractivity contribution in [3.05, 3.63) is 79.5 Å². The Balaban J connectivity index is 1.51. The van der Waals surface area contributed by atoms with E-state index in [-0.39, 0.29) is 5.75 Å². The number of aromatic hydroxyl groups is 1. The Morgan fingerprint density at radius 1 is 0.774 bits per heavy atom. The van der Waals surface area contributed by atoms with Gasteiger partial charge in [0.05, 0.1) is 17.6 Å². The van der Waals surface area contributed by atoms with Gasteiger partial charge in [0.25, 0.3) is 0 Å². The molecule has 3 N–H and O–H groups in total. The molecule has 5 aromatic heterocycles. The van der Waals surface area contributed by atoms with E-state index in [2.05, 4.69) is 48.3 Å². The SMILES string of the molecule is Oc1cncc(-c2cnc3n[nH]c(-c4cc5c(-c6ccncc6)cccc5[nH]4)c3c2)c1. The lowest BCUT2D eigenvalue weighted by Crippen LogP contribution is -1.84. The van der Waals surface area contributed by atoms with Gasteiger partial charge in [-0.2, -0.15) is 5.10 Å². The summed E-state index contributed by atoms with van der Waals surface area (Å²) in [5.41, 5.74) is 7.33. The molecule has 0 spiro atoms. The second-order valence-corrected chi connectivity index (χ2v) is 7.31. The van der Waals surface area contributed by atoms with E-state index in [4.69, 9.17) is 0 Å². The first-order chi connectivity index (χ1) is 15.3. The summed E-state index contributed by atoms with van der Waals surface area (Å²) in [5, 5.41) is 19.3. The molecule has 0 fully saturated rings. The highest BCUT2D eigenvalue weighted by molar-refractivity contribution is 6.01. The first-order valence-corrected chi connectivity index (χ1v) is 9.77. The molecule has 0 bridgehead atoms. The van der Waals surface area contributed by atoms with Gasteiger partial charge in [-0.25, -0.2) is 4.98 Å². The number of nitrogens with one attached hydrogen (secondary N) is 2. The molecule has 0 aliphatic rings. The summed E-state index contributed by atoms with van der Waals surface area (Å²) in [6, 6.07) is 16.0. The lowest BCUT2D eigenvalue weighted by molar-refractivity contribution is 0.473. The Hall–Kier alpha value is -4.52. The van der Waals surface area contributed by atoms with Crippen LogP contribution < -0.4 is 0 Å². The quantitative estimate of drug-likeness (QED) is 0.388. The lowest BCUT2D eigenvalue weighted by atomic mass is 10.0. The molecule has 1 aromatic carbocycles. The van der Waals surface area contributed by atoms with Crippen molar-refractivity contribution < 1.29 is 5.11 Å². The van der Waals surface area contributed by atoms with Gasteiger partial charge in [-0.1, -0.05) is 12.1 Å². The third-order valence-corrected chi connectivity index (χ3v) is 5.39. The number of pyridine rings is 3. The van der Waals surface area contributed by atoms with E-state index < -0.39 is 0 Å². The highest BCUT2D eigenvalue weighted by Crippen LogP contribution is 2.34. The summed E-state index contributed by atoms with van der Waals surface area (Å²) >= 11 is 0. The van der Waals surface area contributed by atoms with Crippen molar-refractivity contribution in [2.75, 3.05) is 0 Å². The molecule has 0 atom stereocenters. The zero-order valence-corrected chi connectivity index (χ0v) is 16.2. The number of nitrogens with zero attached hydrogens (tertiary/aromatic N) is 4. The van der Waals surface area contributed by atoms with Crippen LogP contribution in [-0.4, -0.2) is 35.2 Å². The molecule has 148 valence electrons. The van der Waals surface area contributed by atoms with E-state index in [1.807, 2.05) is 24.3 Å². The molecule has 0 aliphatic carbocycles. The van der Waals surface area contributed by atoms with E-state index >= 15 is 0 Å². The van der Waals surface area contributed by atoms with Crippen LogP contribution in [0, 0.1) is 0 Å². The highest BCUT2D eigenvalue weighted by Gasteiger charge is 2.14. The largest absolute Gasteiger partial charge is 0.506 e. The minimum absolute atomic E-state index is 0.115. The molecule has 31 heavy (non-hydrogen) atoms. The molecule has 7 nitrogen and oxygen atoms in total. The summed E-state index contributed by atoms with van der Waals surface area (Å²) < 4.78 is 0. The Bertz CT molecular complexity index is 1550. The highest BCUT2D eigenvalue weighted by atomic mass is 16.3. The molecule has 0 saturated heterocycles. The first-order valence-electron chi connectivity index (χ1n) is 9.77. The zero-order valence-electron chi connectivity index (χ0n) is 16.2. The second-order valence-electron chi connectivity index (χ2n) is 7.31. The molecule has 0 aliphatic heterocycles. The van der Waals surface area contributed by atoms with Gasteiger partial charge in [-0.15, -0.1) is 0 Å². The Labute approximate surface area is 176 Å². The van der Waals surface area contributed by atoms with Crippen LogP contribution in [0.15, 0.2) is 79.5 Å². The molecule has 6 aromatic rings. The van der Waals surface area contributed by atoms with Crippen LogP contribution in [0.1, 0.15) is 0 Å². The first kappa shape index (κ1) is 17.3. The van der Waals surface area contributed by atoms with Gasteiger partial charge in [-0.3, -0.25) is 15.1 Å². The van der Waals surface area contributed by atoms with Gasteiger partial charge < -0.3 is 10.1 Å². The molecular weight excluding hydrogens is 388 g/mol. The van der Waals surface area contributed by atoms with Crippen LogP contribution in [0.25, 0.3) is 55.6 Å². The molecule has 0 saturated carbocycles. The predicted molar refractivity (Wildman–Crippen MR) is 119 cm³/mol. The summed E-state index contributed by atoms with van der Waals surface area (Å²) in [5.74, 6) is 0.115. The summed E-state index contributed by atoms with van der Waals surface area (Å²) in [6.45, 7) is 0. The van der Waals surface area contributed by atoms with Crippen LogP contribution in [0.2, 0.25) is 0 Å². The predicted octanol–water partition coefficient (Wildman–Crippen LogP) is 4.94. The van der Waals surface area contributed by atoms with Crippen molar-refractivity contribution in [2.24, 2.45) is 0 Å². The van der Waals surface area contributed by atoms with Gasteiger partial charge in [0, 0.05) is 52.2 Å². The maximum atomic E-state index is 9.77. The van der Waals surface area contributed by atoms with Gasteiger partial charge in [-0.05, 0) is 47.5 Å². The van der Waals surface area contributed by atoms with E-state index in [0.29, 0.717) is 5.65 Å². The summed E-state index contributed by atoms with van der Waals surface area (Å²) in [4.78, 5) is 16.2. The normalized spacial score (nSPS) is 11.4. The van der Waals surface area contributed by atoms with Gasteiger partial charge in [0.1, 0.15) is 5.75 Å². The summed E-state index contributed by atoms with van der Waals surface area (Å²) in [6.07, 6.45) is 8.44. The molecule has 5 heterocycles. The van der Waals surface area contributed by atoms with Crippen molar-refractivity contribution in [3.8, 4) is 39.4 Å². The molecular formula is C24H16N6O. The number of H-pyrrole nitrogens is 2. The topological polar surface area (TPSA) is 103 Å². The van der Waals surface area contributed by atoms with Gasteiger partial charge >= 0.3 is 0 Å². The van der Waals surface area contributed by atoms with Crippen molar-refractivity contribution in [1.82, 2.24) is 30.1 Å². The third-order valence-electron chi connectivity index (χ3n) is 5.39. The standard InChI is InChI=1S/C24H16N6O/c31-17-8-15(11-26-13-17)16-9-20-23(29-30-24(20)27-12-16)22-10-19-18(2-1-3-21(19)28-22)14-4-6-25-7-5-14/h1-13,28,31H,(H,27,29,30). The molecule has 0 amide bonds. The molecule has 7 heteroatoms. The van der Waals surface area contributed by atoms with E-state index in [1.165, 1.54) is 6.20 Å². The van der Waals surface area contributed by atoms with Gasteiger partial charge in [0.15, 0.2) is 5.65 Å². The minimum atomic E-state index is 0.115. The van der Waals surface area contributed by atoms with E-state index in [9.17, 15) is 5.11 Å². The maximum Gasteiger partial charge on any atom is 0.181 e. The monoisotopic (exact) mass is 404 g/mol. The maximum absolute atomic E-state index is 9.77. The van der Waals surface area contributed by atoms with Crippen molar-refractivity contribution in [1.29, 1.82) is 0 Å². The van der Waals surface area contributed by atoms with Gasteiger partial charge in [0.2, 0.25) is 0 Å². The number of rotatable bonds is 3. The average Bonchev–Trinajstić information content (AvgIpc) is 3.43.